The van der Waals surface area contributed by atoms with Gasteiger partial charge in [0, 0.05) is 26.1 Å². The molecule has 0 aromatic heterocycles. The van der Waals surface area contributed by atoms with E-state index in [-0.39, 0.29) is 5.91 Å². The second-order valence-corrected chi connectivity index (χ2v) is 6.02. The summed E-state index contributed by atoms with van der Waals surface area (Å²) in [6.07, 6.45) is 1.96. The van der Waals surface area contributed by atoms with E-state index in [1.54, 1.807) is 12.1 Å². The Bertz CT molecular complexity index is 467. The Morgan fingerprint density at radius 3 is 2.70 bits per heavy atom. The number of piperidine rings is 1. The second-order valence-electron chi connectivity index (χ2n) is 5.62. The Hall–Kier alpha value is -1.10. The summed E-state index contributed by atoms with van der Waals surface area (Å²) in [7, 11) is 0. The van der Waals surface area contributed by atoms with Crippen LogP contribution in [0.25, 0.3) is 0 Å². The molecule has 1 heterocycles. The lowest BCUT2D eigenvalue weighted by Gasteiger charge is -2.35. The smallest absolute Gasteiger partial charge is 0.225 e. The van der Waals surface area contributed by atoms with Crippen molar-refractivity contribution in [2.75, 3.05) is 25.0 Å². The van der Waals surface area contributed by atoms with Crippen molar-refractivity contribution in [2.24, 2.45) is 0 Å². The normalized spacial score (nSPS) is 18.8. The Kier molecular flexibility index (Phi) is 5.02. The summed E-state index contributed by atoms with van der Waals surface area (Å²) in [5.74, 6) is -0.0320. The minimum Gasteiger partial charge on any atom is -0.390 e. The molecule has 0 aliphatic carbocycles. The lowest BCUT2D eigenvalue weighted by atomic mass is 9.94. The van der Waals surface area contributed by atoms with Crippen LogP contribution in [0, 0.1) is 0 Å². The molecule has 0 spiro atoms. The van der Waals surface area contributed by atoms with Gasteiger partial charge in [-0.25, -0.2) is 0 Å². The van der Waals surface area contributed by atoms with E-state index in [0.717, 1.165) is 25.9 Å². The monoisotopic (exact) mass is 296 g/mol. The van der Waals surface area contributed by atoms with E-state index in [2.05, 4.69) is 10.2 Å². The number of para-hydroxylation sites is 1. The largest absolute Gasteiger partial charge is 0.390 e. The maximum absolute atomic E-state index is 11.9. The van der Waals surface area contributed by atoms with Crippen LogP contribution in [-0.2, 0) is 4.79 Å². The van der Waals surface area contributed by atoms with Crippen LogP contribution in [0.15, 0.2) is 24.3 Å². The molecule has 0 radical (unpaired) electrons. The van der Waals surface area contributed by atoms with Gasteiger partial charge < -0.3 is 15.3 Å². The number of rotatable bonds is 4. The van der Waals surface area contributed by atoms with E-state index in [4.69, 9.17) is 11.6 Å². The standard InChI is InChI=1S/C15H21ClN2O2/c1-15(20)7-10-18(11-8-15)9-6-14(19)17-13-5-3-2-4-12(13)16/h2-5,20H,6-11H2,1H3,(H,17,19). The summed E-state index contributed by atoms with van der Waals surface area (Å²) in [4.78, 5) is 14.1. The Labute approximate surface area is 124 Å². The van der Waals surface area contributed by atoms with Gasteiger partial charge in [0.1, 0.15) is 0 Å². The highest BCUT2D eigenvalue weighted by atomic mass is 35.5. The summed E-state index contributed by atoms with van der Waals surface area (Å²) in [5.41, 5.74) is 0.108. The molecule has 1 fully saturated rings. The molecular formula is C15H21ClN2O2. The summed E-state index contributed by atoms with van der Waals surface area (Å²) in [6.45, 7) is 4.26. The van der Waals surface area contributed by atoms with Crippen molar-refractivity contribution >= 4 is 23.2 Å². The fourth-order valence-electron chi connectivity index (χ4n) is 2.29. The predicted octanol–water partition coefficient (Wildman–Crippen LogP) is 2.52. The highest BCUT2D eigenvalue weighted by molar-refractivity contribution is 6.33. The van der Waals surface area contributed by atoms with Crippen molar-refractivity contribution in [3.05, 3.63) is 29.3 Å². The molecule has 1 aliphatic heterocycles. The third-order valence-corrected chi connectivity index (χ3v) is 4.07. The fraction of sp³-hybridized carbons (Fsp3) is 0.533. The molecule has 1 aliphatic rings. The molecule has 0 atom stereocenters. The van der Waals surface area contributed by atoms with Gasteiger partial charge in [0.05, 0.1) is 16.3 Å². The van der Waals surface area contributed by atoms with Gasteiger partial charge in [-0.3, -0.25) is 4.79 Å². The van der Waals surface area contributed by atoms with Crippen LogP contribution in [0.2, 0.25) is 5.02 Å². The molecular weight excluding hydrogens is 276 g/mol. The molecule has 0 unspecified atom stereocenters. The topological polar surface area (TPSA) is 52.6 Å². The molecule has 0 saturated carbocycles. The average Bonchev–Trinajstić information content (AvgIpc) is 2.40. The number of carbonyl (C=O) groups is 1. The molecule has 110 valence electrons. The zero-order valence-electron chi connectivity index (χ0n) is 11.7. The number of hydrogen-bond donors (Lipinski definition) is 2. The molecule has 2 N–H and O–H groups in total. The number of nitrogens with zero attached hydrogens (tertiary/aromatic N) is 1. The average molecular weight is 297 g/mol. The Morgan fingerprint density at radius 1 is 1.40 bits per heavy atom. The molecule has 1 amide bonds. The van der Waals surface area contributed by atoms with E-state index in [0.29, 0.717) is 23.7 Å². The molecule has 2 rings (SSSR count). The first-order valence-corrected chi connectivity index (χ1v) is 7.33. The van der Waals surface area contributed by atoms with Crippen LogP contribution < -0.4 is 5.32 Å². The van der Waals surface area contributed by atoms with E-state index in [1.165, 1.54) is 0 Å². The molecule has 20 heavy (non-hydrogen) atoms. The van der Waals surface area contributed by atoms with E-state index in [1.807, 2.05) is 19.1 Å². The maximum Gasteiger partial charge on any atom is 0.225 e. The number of amides is 1. The van der Waals surface area contributed by atoms with Crippen molar-refractivity contribution in [3.8, 4) is 0 Å². The third-order valence-electron chi connectivity index (χ3n) is 3.74. The predicted molar refractivity (Wildman–Crippen MR) is 81.0 cm³/mol. The number of carbonyl (C=O) groups excluding carboxylic acids is 1. The number of nitrogens with one attached hydrogen (secondary N) is 1. The highest BCUT2D eigenvalue weighted by Crippen LogP contribution is 2.22. The van der Waals surface area contributed by atoms with Gasteiger partial charge in [-0.05, 0) is 31.9 Å². The van der Waals surface area contributed by atoms with Crippen LogP contribution in [0.5, 0.6) is 0 Å². The first kappa shape index (κ1) is 15.3. The SMILES string of the molecule is CC1(O)CCN(CCC(=O)Nc2ccccc2Cl)CC1. The van der Waals surface area contributed by atoms with Gasteiger partial charge in [0.2, 0.25) is 5.91 Å². The number of halogens is 1. The van der Waals surface area contributed by atoms with Gasteiger partial charge in [-0.2, -0.15) is 0 Å². The van der Waals surface area contributed by atoms with Crippen molar-refractivity contribution < 1.29 is 9.90 Å². The number of anilines is 1. The second kappa shape index (κ2) is 6.57. The van der Waals surface area contributed by atoms with Crippen molar-refractivity contribution in [2.45, 2.75) is 31.8 Å². The van der Waals surface area contributed by atoms with E-state index >= 15 is 0 Å². The Balaban J connectivity index is 1.75. The summed E-state index contributed by atoms with van der Waals surface area (Å²) >= 11 is 6.00. The lowest BCUT2D eigenvalue weighted by molar-refractivity contribution is -0.116. The molecule has 1 aromatic rings. The fourth-order valence-corrected chi connectivity index (χ4v) is 2.48. The molecule has 1 aromatic carbocycles. The summed E-state index contributed by atoms with van der Waals surface area (Å²) in [6, 6.07) is 7.22. The first-order chi connectivity index (χ1) is 9.46. The summed E-state index contributed by atoms with van der Waals surface area (Å²) in [5, 5.41) is 13.2. The van der Waals surface area contributed by atoms with E-state index < -0.39 is 5.60 Å². The zero-order chi connectivity index (χ0) is 14.6. The number of likely N-dealkylation sites (tertiary alicyclic amines) is 1. The number of aliphatic hydroxyl groups is 1. The maximum atomic E-state index is 11.9. The van der Waals surface area contributed by atoms with Crippen molar-refractivity contribution in [1.82, 2.24) is 4.90 Å². The molecule has 0 bridgehead atoms. The molecule has 5 heteroatoms. The first-order valence-electron chi connectivity index (χ1n) is 6.95. The van der Waals surface area contributed by atoms with Crippen LogP contribution in [0.3, 0.4) is 0 Å². The van der Waals surface area contributed by atoms with Crippen LogP contribution in [-0.4, -0.2) is 41.1 Å². The van der Waals surface area contributed by atoms with Crippen LogP contribution >= 0.6 is 11.6 Å². The third kappa shape index (κ3) is 4.47. The van der Waals surface area contributed by atoms with Gasteiger partial charge >= 0.3 is 0 Å². The summed E-state index contributed by atoms with van der Waals surface area (Å²) < 4.78 is 0. The quantitative estimate of drug-likeness (QED) is 0.898. The number of benzene rings is 1. The number of hydrogen-bond acceptors (Lipinski definition) is 3. The van der Waals surface area contributed by atoms with Gasteiger partial charge in [-0.1, -0.05) is 23.7 Å². The highest BCUT2D eigenvalue weighted by Gasteiger charge is 2.27. The molecule has 4 nitrogen and oxygen atoms in total. The minimum atomic E-state index is -0.545. The molecule has 1 saturated heterocycles. The van der Waals surface area contributed by atoms with Gasteiger partial charge in [-0.15, -0.1) is 0 Å². The van der Waals surface area contributed by atoms with Crippen molar-refractivity contribution in [3.63, 3.8) is 0 Å². The van der Waals surface area contributed by atoms with Gasteiger partial charge in [0.15, 0.2) is 0 Å². The zero-order valence-corrected chi connectivity index (χ0v) is 12.5. The van der Waals surface area contributed by atoms with Crippen LogP contribution in [0.1, 0.15) is 26.2 Å². The van der Waals surface area contributed by atoms with E-state index in [9.17, 15) is 9.90 Å². The van der Waals surface area contributed by atoms with Crippen molar-refractivity contribution in [1.29, 1.82) is 0 Å². The van der Waals surface area contributed by atoms with Crippen LogP contribution in [0.4, 0.5) is 5.69 Å². The lowest BCUT2D eigenvalue weighted by Crippen LogP contribution is -2.43. The van der Waals surface area contributed by atoms with Gasteiger partial charge in [0.25, 0.3) is 0 Å². The minimum absolute atomic E-state index is 0.0320. The Morgan fingerprint density at radius 2 is 2.05 bits per heavy atom.